The van der Waals surface area contributed by atoms with Crippen molar-refractivity contribution >= 4 is 16.9 Å². The summed E-state index contributed by atoms with van der Waals surface area (Å²) in [6.45, 7) is 7.74. The molecule has 0 saturated carbocycles. The first kappa shape index (κ1) is 14.6. The van der Waals surface area contributed by atoms with Gasteiger partial charge in [-0.25, -0.2) is 0 Å². The van der Waals surface area contributed by atoms with Crippen LogP contribution in [0, 0.1) is 5.41 Å². The van der Waals surface area contributed by atoms with E-state index in [4.69, 9.17) is 10.2 Å². The quantitative estimate of drug-likeness (QED) is 0.904. The van der Waals surface area contributed by atoms with Crippen LogP contribution in [-0.4, -0.2) is 11.9 Å². The standard InChI is InChI=1S/C16H22N2O2/c1-10(18-15(19)14(17)16(2,3)4)13-9-11-7-5-6-8-12(11)20-13/h5-10,14H,17H2,1-4H3,(H,18,19)/t10?,14-/m0/s1. The minimum atomic E-state index is -0.547. The number of para-hydroxylation sites is 1. The van der Waals surface area contributed by atoms with Crippen molar-refractivity contribution in [2.75, 3.05) is 0 Å². The average Bonchev–Trinajstić information content (AvgIpc) is 2.80. The van der Waals surface area contributed by atoms with Crippen molar-refractivity contribution in [3.8, 4) is 0 Å². The van der Waals surface area contributed by atoms with E-state index >= 15 is 0 Å². The molecule has 2 atom stereocenters. The molecule has 1 unspecified atom stereocenters. The van der Waals surface area contributed by atoms with Gasteiger partial charge in [0.2, 0.25) is 5.91 Å². The number of furan rings is 1. The Morgan fingerprint density at radius 3 is 2.55 bits per heavy atom. The highest BCUT2D eigenvalue weighted by molar-refractivity contribution is 5.83. The van der Waals surface area contributed by atoms with Gasteiger partial charge in [-0.1, -0.05) is 39.0 Å². The molecule has 1 amide bonds. The molecule has 0 fully saturated rings. The number of carbonyl (C=O) groups excluding carboxylic acids is 1. The van der Waals surface area contributed by atoms with Gasteiger partial charge in [-0.3, -0.25) is 4.79 Å². The van der Waals surface area contributed by atoms with E-state index in [0.29, 0.717) is 0 Å². The Morgan fingerprint density at radius 2 is 1.95 bits per heavy atom. The highest BCUT2D eigenvalue weighted by Crippen LogP contribution is 2.24. The van der Waals surface area contributed by atoms with Crippen LogP contribution in [0.3, 0.4) is 0 Å². The second-order valence-electron chi connectivity index (χ2n) is 6.26. The topological polar surface area (TPSA) is 68.3 Å². The molecular formula is C16H22N2O2. The van der Waals surface area contributed by atoms with Crippen LogP contribution in [0.25, 0.3) is 11.0 Å². The van der Waals surface area contributed by atoms with E-state index in [-0.39, 0.29) is 17.4 Å². The summed E-state index contributed by atoms with van der Waals surface area (Å²) in [5.41, 5.74) is 6.51. The van der Waals surface area contributed by atoms with Crippen LogP contribution in [0.15, 0.2) is 34.7 Å². The summed E-state index contributed by atoms with van der Waals surface area (Å²) >= 11 is 0. The van der Waals surface area contributed by atoms with E-state index in [1.165, 1.54) is 0 Å². The number of nitrogens with two attached hydrogens (primary N) is 1. The molecule has 20 heavy (non-hydrogen) atoms. The molecule has 0 spiro atoms. The lowest BCUT2D eigenvalue weighted by molar-refractivity contribution is -0.125. The number of hydrogen-bond donors (Lipinski definition) is 2. The van der Waals surface area contributed by atoms with Gasteiger partial charge in [-0.15, -0.1) is 0 Å². The average molecular weight is 274 g/mol. The number of benzene rings is 1. The van der Waals surface area contributed by atoms with Gasteiger partial charge in [0.25, 0.3) is 0 Å². The molecule has 108 valence electrons. The minimum Gasteiger partial charge on any atom is -0.459 e. The molecule has 2 rings (SSSR count). The summed E-state index contributed by atoms with van der Waals surface area (Å²) in [5.74, 6) is 0.575. The minimum absolute atomic E-state index is 0.162. The molecule has 1 heterocycles. The zero-order valence-corrected chi connectivity index (χ0v) is 12.4. The van der Waals surface area contributed by atoms with Crippen molar-refractivity contribution in [2.45, 2.75) is 39.8 Å². The van der Waals surface area contributed by atoms with Crippen LogP contribution in [0.2, 0.25) is 0 Å². The summed E-state index contributed by atoms with van der Waals surface area (Å²) < 4.78 is 5.74. The van der Waals surface area contributed by atoms with Gasteiger partial charge >= 0.3 is 0 Å². The van der Waals surface area contributed by atoms with Gasteiger partial charge in [0, 0.05) is 5.39 Å². The van der Waals surface area contributed by atoms with E-state index in [1.807, 2.05) is 58.0 Å². The Kier molecular flexibility index (Phi) is 3.86. The zero-order chi connectivity index (χ0) is 14.9. The van der Waals surface area contributed by atoms with Gasteiger partial charge in [-0.2, -0.15) is 0 Å². The van der Waals surface area contributed by atoms with Crippen LogP contribution in [0.5, 0.6) is 0 Å². The fraction of sp³-hybridized carbons (Fsp3) is 0.438. The summed E-state index contributed by atoms with van der Waals surface area (Å²) in [6, 6.07) is 8.97. The maximum absolute atomic E-state index is 12.1. The van der Waals surface area contributed by atoms with Crippen LogP contribution in [0.1, 0.15) is 39.5 Å². The maximum atomic E-state index is 12.1. The van der Waals surface area contributed by atoms with Crippen LogP contribution in [-0.2, 0) is 4.79 Å². The second kappa shape index (κ2) is 5.29. The molecule has 1 aromatic heterocycles. The van der Waals surface area contributed by atoms with Gasteiger partial charge in [0.05, 0.1) is 12.1 Å². The molecule has 4 heteroatoms. The summed E-state index contributed by atoms with van der Waals surface area (Å²) in [5, 5.41) is 3.94. The Labute approximate surface area is 119 Å². The Balaban J connectivity index is 2.12. The maximum Gasteiger partial charge on any atom is 0.238 e. The number of hydrogen-bond acceptors (Lipinski definition) is 3. The summed E-state index contributed by atoms with van der Waals surface area (Å²) in [7, 11) is 0. The van der Waals surface area contributed by atoms with Gasteiger partial charge in [0.15, 0.2) is 0 Å². The van der Waals surface area contributed by atoms with Crippen molar-refractivity contribution in [2.24, 2.45) is 11.1 Å². The lowest BCUT2D eigenvalue weighted by Gasteiger charge is -2.27. The molecule has 0 aliphatic rings. The Morgan fingerprint density at radius 1 is 1.30 bits per heavy atom. The normalized spacial score (nSPS) is 15.1. The fourth-order valence-corrected chi connectivity index (χ4v) is 1.98. The first-order chi connectivity index (χ1) is 9.29. The van der Waals surface area contributed by atoms with E-state index in [0.717, 1.165) is 16.7 Å². The van der Waals surface area contributed by atoms with Crippen LogP contribution >= 0.6 is 0 Å². The van der Waals surface area contributed by atoms with Crippen molar-refractivity contribution in [1.29, 1.82) is 0 Å². The third kappa shape index (κ3) is 3.02. The second-order valence-corrected chi connectivity index (χ2v) is 6.26. The Hall–Kier alpha value is -1.81. The molecule has 3 N–H and O–H groups in total. The van der Waals surface area contributed by atoms with E-state index in [9.17, 15) is 4.79 Å². The van der Waals surface area contributed by atoms with Crippen molar-refractivity contribution in [3.63, 3.8) is 0 Å². The largest absolute Gasteiger partial charge is 0.459 e. The molecule has 4 nitrogen and oxygen atoms in total. The number of amides is 1. The fourth-order valence-electron chi connectivity index (χ4n) is 1.98. The van der Waals surface area contributed by atoms with E-state index in [1.54, 1.807) is 0 Å². The van der Waals surface area contributed by atoms with E-state index in [2.05, 4.69) is 5.32 Å². The highest BCUT2D eigenvalue weighted by Gasteiger charge is 2.28. The monoisotopic (exact) mass is 274 g/mol. The van der Waals surface area contributed by atoms with Crippen LogP contribution < -0.4 is 11.1 Å². The first-order valence-electron chi connectivity index (χ1n) is 6.83. The predicted molar refractivity (Wildman–Crippen MR) is 80.2 cm³/mol. The summed E-state index contributed by atoms with van der Waals surface area (Å²) in [4.78, 5) is 12.1. The van der Waals surface area contributed by atoms with Crippen LogP contribution in [0.4, 0.5) is 0 Å². The zero-order valence-electron chi connectivity index (χ0n) is 12.4. The number of rotatable bonds is 3. The Bertz CT molecular complexity index is 577. The van der Waals surface area contributed by atoms with E-state index < -0.39 is 6.04 Å². The van der Waals surface area contributed by atoms with Crippen molar-refractivity contribution in [1.82, 2.24) is 5.32 Å². The van der Waals surface area contributed by atoms with Gasteiger partial charge < -0.3 is 15.5 Å². The smallest absolute Gasteiger partial charge is 0.238 e. The molecule has 0 radical (unpaired) electrons. The number of fused-ring (bicyclic) bond motifs is 1. The lowest BCUT2D eigenvalue weighted by Crippen LogP contribution is -2.49. The third-order valence-electron chi connectivity index (χ3n) is 3.45. The first-order valence-corrected chi connectivity index (χ1v) is 6.83. The highest BCUT2D eigenvalue weighted by atomic mass is 16.3. The van der Waals surface area contributed by atoms with Gasteiger partial charge in [-0.05, 0) is 24.5 Å². The van der Waals surface area contributed by atoms with Crippen molar-refractivity contribution in [3.05, 3.63) is 36.1 Å². The SMILES string of the molecule is CC(NC(=O)[C@H](N)C(C)(C)C)c1cc2ccccc2o1. The molecular weight excluding hydrogens is 252 g/mol. The molecule has 0 saturated heterocycles. The summed E-state index contributed by atoms with van der Waals surface area (Å²) in [6.07, 6.45) is 0. The predicted octanol–water partition coefficient (Wildman–Crippen LogP) is 2.98. The molecule has 1 aromatic carbocycles. The molecule has 0 aliphatic carbocycles. The molecule has 2 aromatic rings. The van der Waals surface area contributed by atoms with Crippen molar-refractivity contribution < 1.29 is 9.21 Å². The number of carbonyl (C=O) groups is 1. The molecule has 0 aliphatic heterocycles. The lowest BCUT2D eigenvalue weighted by atomic mass is 9.87. The van der Waals surface area contributed by atoms with Gasteiger partial charge in [0.1, 0.15) is 11.3 Å². The third-order valence-corrected chi connectivity index (χ3v) is 3.45. The molecule has 0 bridgehead atoms. The number of nitrogens with one attached hydrogen (secondary N) is 1.